The van der Waals surface area contributed by atoms with Crippen LogP contribution < -0.4 is 5.32 Å². The highest BCUT2D eigenvalue weighted by molar-refractivity contribution is 5.76. The summed E-state index contributed by atoms with van der Waals surface area (Å²) in [7, 11) is 0. The lowest BCUT2D eigenvalue weighted by molar-refractivity contribution is -0.124. The molecule has 0 aliphatic carbocycles. The molecule has 0 aromatic rings. The van der Waals surface area contributed by atoms with Gasteiger partial charge in [-0.25, -0.2) is 0 Å². The summed E-state index contributed by atoms with van der Waals surface area (Å²) < 4.78 is 0. The second-order valence-corrected chi connectivity index (χ2v) is 14.6. The first-order chi connectivity index (χ1) is 23.5. The van der Waals surface area contributed by atoms with E-state index in [0.717, 1.165) is 32.1 Å². The van der Waals surface area contributed by atoms with Gasteiger partial charge >= 0.3 is 0 Å². The molecule has 0 rings (SSSR count). The number of aliphatic hydroxyl groups excluding tert-OH is 3. The fraction of sp³-hybridized carbons (Fsp3) is 0.884. The van der Waals surface area contributed by atoms with Crippen LogP contribution in [-0.4, -0.2) is 46.1 Å². The zero-order valence-electron chi connectivity index (χ0n) is 32.1. The summed E-state index contributed by atoms with van der Waals surface area (Å²) >= 11 is 0. The average Bonchev–Trinajstić information content (AvgIpc) is 3.08. The fourth-order valence-electron chi connectivity index (χ4n) is 6.47. The molecule has 0 spiro atoms. The summed E-state index contributed by atoms with van der Waals surface area (Å²) in [5.41, 5.74) is 0. The van der Waals surface area contributed by atoms with Crippen LogP contribution in [0.3, 0.4) is 0 Å². The molecule has 0 fully saturated rings. The standard InChI is InChI=1S/C43H83NO4/c1-3-5-7-9-11-13-15-17-19-20-21-23-25-27-29-31-33-35-37-42(47)41(39-45)44-43(48)38-40(46)36-34-32-30-28-26-24-22-18-16-14-12-10-8-6-4-2/h27,29,35,37,40-42,45-47H,3-26,28,30-34,36,38-39H2,1-2H3,(H,44,48)/b29-27+,37-35+. The summed E-state index contributed by atoms with van der Waals surface area (Å²) in [6.45, 7) is 4.20. The number of amides is 1. The molecule has 1 amide bonds. The number of hydrogen-bond donors (Lipinski definition) is 4. The second kappa shape index (κ2) is 38.6. The minimum absolute atomic E-state index is 0.00945. The summed E-state index contributed by atoms with van der Waals surface area (Å²) in [4.78, 5) is 12.4. The summed E-state index contributed by atoms with van der Waals surface area (Å²) in [5.74, 6) is -0.323. The van der Waals surface area contributed by atoms with Gasteiger partial charge in [-0.15, -0.1) is 0 Å². The van der Waals surface area contributed by atoms with E-state index in [4.69, 9.17) is 0 Å². The molecule has 5 nitrogen and oxygen atoms in total. The van der Waals surface area contributed by atoms with E-state index in [1.54, 1.807) is 6.08 Å². The molecule has 0 saturated heterocycles. The van der Waals surface area contributed by atoms with Crippen molar-refractivity contribution >= 4 is 5.91 Å². The van der Waals surface area contributed by atoms with Crippen molar-refractivity contribution in [1.29, 1.82) is 0 Å². The number of allylic oxidation sites excluding steroid dienone is 3. The molecule has 0 aromatic heterocycles. The molecule has 0 saturated carbocycles. The van der Waals surface area contributed by atoms with Crippen LogP contribution >= 0.6 is 0 Å². The quantitative estimate of drug-likeness (QED) is 0.0387. The Kier molecular flexibility index (Phi) is 37.7. The first kappa shape index (κ1) is 46.8. The molecule has 0 aliphatic rings. The van der Waals surface area contributed by atoms with Gasteiger partial charge in [0.2, 0.25) is 5.91 Å². The Morgan fingerprint density at radius 2 is 0.896 bits per heavy atom. The minimum Gasteiger partial charge on any atom is -0.394 e. The molecule has 0 radical (unpaired) electrons. The number of rotatable bonds is 38. The zero-order chi connectivity index (χ0) is 35.2. The maximum Gasteiger partial charge on any atom is 0.222 e. The average molecular weight is 678 g/mol. The minimum atomic E-state index is -0.948. The highest BCUT2D eigenvalue weighted by Crippen LogP contribution is 2.15. The maximum atomic E-state index is 12.4. The molecule has 0 aliphatic heterocycles. The van der Waals surface area contributed by atoms with Gasteiger partial charge < -0.3 is 20.6 Å². The van der Waals surface area contributed by atoms with Crippen LogP contribution in [0.15, 0.2) is 24.3 Å². The van der Waals surface area contributed by atoms with Crippen molar-refractivity contribution in [2.45, 2.75) is 238 Å². The van der Waals surface area contributed by atoms with Crippen molar-refractivity contribution in [3.63, 3.8) is 0 Å². The lowest BCUT2D eigenvalue weighted by atomic mass is 10.0. The van der Waals surface area contributed by atoms with Gasteiger partial charge in [-0.1, -0.05) is 205 Å². The normalized spacial score (nSPS) is 13.9. The fourth-order valence-corrected chi connectivity index (χ4v) is 6.47. The first-order valence-electron chi connectivity index (χ1n) is 21.1. The number of unbranched alkanes of at least 4 members (excludes halogenated alkanes) is 27. The molecule has 3 unspecified atom stereocenters. The molecule has 3 atom stereocenters. The van der Waals surface area contributed by atoms with E-state index in [-0.39, 0.29) is 18.9 Å². The van der Waals surface area contributed by atoms with Gasteiger partial charge in [0, 0.05) is 0 Å². The molecule has 0 aromatic carbocycles. The van der Waals surface area contributed by atoms with Crippen LogP contribution in [-0.2, 0) is 4.79 Å². The van der Waals surface area contributed by atoms with Crippen molar-refractivity contribution in [3.8, 4) is 0 Å². The second-order valence-electron chi connectivity index (χ2n) is 14.6. The number of carbonyl (C=O) groups is 1. The third kappa shape index (κ3) is 34.7. The molecule has 0 heterocycles. The van der Waals surface area contributed by atoms with Crippen LogP contribution in [0, 0.1) is 0 Å². The van der Waals surface area contributed by atoms with Crippen molar-refractivity contribution < 1.29 is 20.1 Å². The highest BCUT2D eigenvalue weighted by Gasteiger charge is 2.20. The Bertz CT molecular complexity index is 709. The van der Waals surface area contributed by atoms with E-state index in [0.29, 0.717) is 6.42 Å². The van der Waals surface area contributed by atoms with E-state index in [2.05, 4.69) is 31.3 Å². The van der Waals surface area contributed by atoms with E-state index in [9.17, 15) is 20.1 Å². The van der Waals surface area contributed by atoms with Crippen LogP contribution in [0.2, 0.25) is 0 Å². The highest BCUT2D eigenvalue weighted by atomic mass is 16.3. The number of hydrogen-bond acceptors (Lipinski definition) is 4. The largest absolute Gasteiger partial charge is 0.394 e. The number of aliphatic hydroxyl groups is 3. The van der Waals surface area contributed by atoms with Gasteiger partial charge in [0.05, 0.1) is 31.3 Å². The Hall–Kier alpha value is -1.17. The van der Waals surface area contributed by atoms with Crippen molar-refractivity contribution in [2.24, 2.45) is 0 Å². The molecule has 5 heteroatoms. The lowest BCUT2D eigenvalue weighted by Crippen LogP contribution is -2.45. The predicted molar refractivity (Wildman–Crippen MR) is 208 cm³/mol. The third-order valence-corrected chi connectivity index (χ3v) is 9.74. The monoisotopic (exact) mass is 678 g/mol. The molecular weight excluding hydrogens is 594 g/mol. The zero-order valence-corrected chi connectivity index (χ0v) is 32.1. The van der Waals surface area contributed by atoms with Gasteiger partial charge in [-0.2, -0.15) is 0 Å². The van der Waals surface area contributed by atoms with Crippen molar-refractivity contribution in [1.82, 2.24) is 5.32 Å². The Morgan fingerprint density at radius 1 is 0.521 bits per heavy atom. The summed E-state index contributed by atoms with van der Waals surface area (Å²) in [5, 5.41) is 33.1. The Balaban J connectivity index is 3.71. The molecule has 4 N–H and O–H groups in total. The SMILES string of the molecule is CCCCCCCCCCCCCC/C=C/CC/C=C/C(O)C(CO)NC(=O)CC(O)CCCCCCCCCCCCCCCCC. The van der Waals surface area contributed by atoms with E-state index in [1.807, 2.05) is 6.08 Å². The van der Waals surface area contributed by atoms with Crippen LogP contribution in [0.4, 0.5) is 0 Å². The van der Waals surface area contributed by atoms with Gasteiger partial charge in [0.1, 0.15) is 0 Å². The van der Waals surface area contributed by atoms with Gasteiger partial charge in [-0.3, -0.25) is 4.79 Å². The smallest absolute Gasteiger partial charge is 0.222 e. The van der Waals surface area contributed by atoms with Crippen LogP contribution in [0.25, 0.3) is 0 Å². The third-order valence-electron chi connectivity index (χ3n) is 9.74. The summed E-state index contributed by atoms with van der Waals surface area (Å²) in [6, 6.07) is -0.756. The molecule has 0 bridgehead atoms. The van der Waals surface area contributed by atoms with Gasteiger partial charge in [-0.05, 0) is 32.1 Å². The molecule has 284 valence electrons. The molecular formula is C43H83NO4. The number of nitrogens with one attached hydrogen (secondary N) is 1. The topological polar surface area (TPSA) is 89.8 Å². The van der Waals surface area contributed by atoms with E-state index >= 15 is 0 Å². The van der Waals surface area contributed by atoms with Gasteiger partial charge in [0.25, 0.3) is 0 Å². The van der Waals surface area contributed by atoms with Crippen molar-refractivity contribution in [2.75, 3.05) is 6.61 Å². The number of carbonyl (C=O) groups excluding carboxylic acids is 1. The summed E-state index contributed by atoms with van der Waals surface area (Å²) in [6.07, 6.45) is 46.0. The first-order valence-corrected chi connectivity index (χ1v) is 21.1. The lowest BCUT2D eigenvalue weighted by Gasteiger charge is -2.21. The molecule has 48 heavy (non-hydrogen) atoms. The van der Waals surface area contributed by atoms with Crippen molar-refractivity contribution in [3.05, 3.63) is 24.3 Å². The van der Waals surface area contributed by atoms with Crippen LogP contribution in [0.1, 0.15) is 219 Å². The predicted octanol–water partition coefficient (Wildman–Crippen LogP) is 11.8. The van der Waals surface area contributed by atoms with E-state index in [1.165, 1.54) is 161 Å². The Labute approximate surface area is 299 Å². The maximum absolute atomic E-state index is 12.4. The Morgan fingerprint density at radius 3 is 1.33 bits per heavy atom. The van der Waals surface area contributed by atoms with Crippen LogP contribution in [0.5, 0.6) is 0 Å². The van der Waals surface area contributed by atoms with E-state index < -0.39 is 18.2 Å². The van der Waals surface area contributed by atoms with Gasteiger partial charge in [0.15, 0.2) is 0 Å².